The zero-order valence-electron chi connectivity index (χ0n) is 6.76. The van der Waals surface area contributed by atoms with Crippen LogP contribution in [0.1, 0.15) is 20.7 Å². The Morgan fingerprint density at radius 2 is 1.71 bits per heavy atom. The van der Waals surface area contributed by atoms with Gasteiger partial charge in [-0.15, -0.1) is 0 Å². The molecule has 74 valence electrons. The number of carboxylic acid groups (broad SMARTS) is 2. The van der Waals surface area contributed by atoms with Gasteiger partial charge in [-0.1, -0.05) is 0 Å². The molecule has 14 heavy (non-hydrogen) atoms. The van der Waals surface area contributed by atoms with Gasteiger partial charge >= 0.3 is 11.9 Å². The van der Waals surface area contributed by atoms with Crippen LogP contribution in [0.25, 0.3) is 0 Å². The smallest absolute Gasteiger partial charge is 0.341 e. The molecular formula is C7H6N2O5. The summed E-state index contributed by atoms with van der Waals surface area (Å²) < 4.78 is 0. The third kappa shape index (κ3) is 1.56. The Morgan fingerprint density at radius 1 is 1.21 bits per heavy atom. The fourth-order valence-electron chi connectivity index (χ4n) is 0.846. The molecule has 0 aliphatic rings. The van der Waals surface area contributed by atoms with Crippen molar-refractivity contribution in [3.05, 3.63) is 17.2 Å². The number of aromatic nitrogens is 1. The highest BCUT2D eigenvalue weighted by atomic mass is 16.4. The van der Waals surface area contributed by atoms with Crippen LogP contribution in [0.5, 0.6) is 5.88 Å². The number of aromatic carboxylic acids is 2. The highest BCUT2D eigenvalue weighted by Gasteiger charge is 2.18. The zero-order valence-corrected chi connectivity index (χ0v) is 6.76. The van der Waals surface area contributed by atoms with E-state index in [9.17, 15) is 9.59 Å². The molecule has 1 rings (SSSR count). The average molecular weight is 198 g/mol. The van der Waals surface area contributed by atoms with Crippen molar-refractivity contribution in [2.24, 2.45) is 0 Å². The lowest BCUT2D eigenvalue weighted by atomic mass is 10.2. The van der Waals surface area contributed by atoms with Gasteiger partial charge in [0.15, 0.2) is 0 Å². The fraction of sp³-hybridized carbons (Fsp3) is 0. The molecule has 0 aliphatic carbocycles. The molecule has 0 aliphatic heterocycles. The van der Waals surface area contributed by atoms with Gasteiger partial charge in [0.25, 0.3) is 0 Å². The van der Waals surface area contributed by atoms with Crippen LogP contribution >= 0.6 is 0 Å². The number of nitrogens with two attached hydrogens (primary N) is 1. The summed E-state index contributed by atoms with van der Waals surface area (Å²) in [5.74, 6) is -4.12. The number of hydrogen-bond acceptors (Lipinski definition) is 5. The SMILES string of the molecule is Nc1nc(O)c(C(=O)O)cc1C(=O)O. The Kier molecular flexibility index (Phi) is 2.24. The molecule has 7 heteroatoms. The number of aromatic hydroxyl groups is 1. The van der Waals surface area contributed by atoms with Crippen LogP contribution in [-0.4, -0.2) is 32.2 Å². The van der Waals surface area contributed by atoms with E-state index in [-0.39, 0.29) is 0 Å². The van der Waals surface area contributed by atoms with Crippen LogP contribution < -0.4 is 5.73 Å². The van der Waals surface area contributed by atoms with E-state index in [1.54, 1.807) is 0 Å². The Bertz CT molecular complexity index is 380. The molecule has 0 bridgehead atoms. The van der Waals surface area contributed by atoms with Crippen molar-refractivity contribution in [3.63, 3.8) is 0 Å². The van der Waals surface area contributed by atoms with Gasteiger partial charge in [0, 0.05) is 0 Å². The second kappa shape index (κ2) is 3.21. The number of rotatable bonds is 2. The predicted molar refractivity (Wildman–Crippen MR) is 44.2 cm³/mol. The summed E-state index contributed by atoms with van der Waals surface area (Å²) in [6, 6.07) is 0.752. The first-order valence-corrected chi connectivity index (χ1v) is 3.39. The molecule has 1 aromatic rings. The monoisotopic (exact) mass is 198 g/mol. The van der Waals surface area contributed by atoms with Crippen molar-refractivity contribution in [2.75, 3.05) is 5.73 Å². The summed E-state index contributed by atoms with van der Waals surface area (Å²) in [4.78, 5) is 24.2. The lowest BCUT2D eigenvalue weighted by molar-refractivity contribution is 0.0693. The van der Waals surface area contributed by atoms with E-state index in [1.807, 2.05) is 0 Å². The molecule has 1 heterocycles. The molecule has 0 unspecified atom stereocenters. The second-order valence-corrected chi connectivity index (χ2v) is 2.40. The summed E-state index contributed by atoms with van der Waals surface area (Å²) in [6.45, 7) is 0. The Labute approximate surface area is 77.4 Å². The van der Waals surface area contributed by atoms with Gasteiger partial charge in [-0.05, 0) is 6.07 Å². The van der Waals surface area contributed by atoms with Gasteiger partial charge in [-0.25, -0.2) is 9.59 Å². The first-order valence-electron chi connectivity index (χ1n) is 3.39. The number of nitrogen functional groups attached to an aromatic ring is 1. The molecule has 5 N–H and O–H groups in total. The molecule has 7 nitrogen and oxygen atoms in total. The van der Waals surface area contributed by atoms with Gasteiger partial charge in [0.2, 0.25) is 5.88 Å². The molecule has 0 saturated carbocycles. The average Bonchev–Trinajstić information content (AvgIpc) is 2.02. The quantitative estimate of drug-likeness (QED) is 0.515. The van der Waals surface area contributed by atoms with E-state index >= 15 is 0 Å². The number of carboxylic acids is 2. The van der Waals surface area contributed by atoms with E-state index in [0.717, 1.165) is 6.07 Å². The zero-order chi connectivity index (χ0) is 10.9. The minimum atomic E-state index is -1.47. The van der Waals surface area contributed by atoms with Gasteiger partial charge in [0.1, 0.15) is 16.9 Å². The summed E-state index contributed by atoms with van der Waals surface area (Å²) in [7, 11) is 0. The van der Waals surface area contributed by atoms with Gasteiger partial charge < -0.3 is 21.1 Å². The molecule has 0 radical (unpaired) electrons. The molecule has 0 amide bonds. The second-order valence-electron chi connectivity index (χ2n) is 2.40. The largest absolute Gasteiger partial charge is 0.493 e. The van der Waals surface area contributed by atoms with Crippen molar-refractivity contribution in [2.45, 2.75) is 0 Å². The molecule has 1 aromatic heterocycles. The highest BCUT2D eigenvalue weighted by molar-refractivity contribution is 5.98. The van der Waals surface area contributed by atoms with E-state index in [4.69, 9.17) is 21.1 Å². The van der Waals surface area contributed by atoms with Crippen LogP contribution in [0.4, 0.5) is 5.82 Å². The third-order valence-electron chi connectivity index (χ3n) is 1.49. The maximum Gasteiger partial charge on any atom is 0.341 e. The molecule has 0 fully saturated rings. The lowest BCUT2D eigenvalue weighted by Gasteiger charge is -2.03. The van der Waals surface area contributed by atoms with Crippen molar-refractivity contribution in [1.29, 1.82) is 0 Å². The Hall–Kier alpha value is -2.31. The third-order valence-corrected chi connectivity index (χ3v) is 1.49. The number of carbonyl (C=O) groups is 2. The number of hydrogen-bond donors (Lipinski definition) is 4. The molecular weight excluding hydrogens is 192 g/mol. The van der Waals surface area contributed by atoms with Gasteiger partial charge in [0.05, 0.1) is 0 Å². The predicted octanol–water partition coefficient (Wildman–Crippen LogP) is -0.234. The number of anilines is 1. The summed E-state index contributed by atoms with van der Waals surface area (Å²) >= 11 is 0. The van der Waals surface area contributed by atoms with Crippen molar-refractivity contribution >= 4 is 17.8 Å². The highest BCUT2D eigenvalue weighted by Crippen LogP contribution is 2.20. The molecule has 0 aromatic carbocycles. The summed E-state index contributed by atoms with van der Waals surface area (Å²) in [5, 5.41) is 26.1. The van der Waals surface area contributed by atoms with Crippen LogP contribution in [0, 0.1) is 0 Å². The van der Waals surface area contributed by atoms with E-state index < -0.39 is 34.8 Å². The Balaban J connectivity index is 3.42. The topological polar surface area (TPSA) is 134 Å². The fourth-order valence-corrected chi connectivity index (χ4v) is 0.846. The van der Waals surface area contributed by atoms with E-state index in [0.29, 0.717) is 0 Å². The summed E-state index contributed by atoms with van der Waals surface area (Å²) in [5.41, 5.74) is 4.09. The minimum absolute atomic E-state index is 0.431. The minimum Gasteiger partial charge on any atom is -0.493 e. The Morgan fingerprint density at radius 3 is 2.14 bits per heavy atom. The number of pyridine rings is 1. The van der Waals surface area contributed by atoms with Crippen LogP contribution in [0.3, 0.4) is 0 Å². The van der Waals surface area contributed by atoms with Crippen LogP contribution in [0.2, 0.25) is 0 Å². The van der Waals surface area contributed by atoms with Crippen molar-refractivity contribution < 1.29 is 24.9 Å². The normalized spacial score (nSPS) is 9.71. The van der Waals surface area contributed by atoms with Crippen molar-refractivity contribution in [1.82, 2.24) is 4.98 Å². The molecule has 0 saturated heterocycles. The maximum absolute atomic E-state index is 10.5. The maximum atomic E-state index is 10.5. The number of nitrogens with zero attached hydrogens (tertiary/aromatic N) is 1. The molecule has 0 spiro atoms. The standard InChI is InChI=1S/C7H6N2O5/c8-4-2(6(11)12)1-3(7(13)14)5(10)9-4/h1H,(H,11,12)(H,13,14)(H3,8,9,10). The van der Waals surface area contributed by atoms with Gasteiger partial charge in [-0.2, -0.15) is 4.98 Å². The van der Waals surface area contributed by atoms with Crippen molar-refractivity contribution in [3.8, 4) is 5.88 Å². The van der Waals surface area contributed by atoms with E-state index in [2.05, 4.69) is 4.98 Å². The molecule has 0 atom stereocenters. The first kappa shape index (κ1) is 9.78. The van der Waals surface area contributed by atoms with E-state index in [1.165, 1.54) is 0 Å². The van der Waals surface area contributed by atoms with Crippen LogP contribution in [0.15, 0.2) is 6.07 Å². The summed E-state index contributed by atoms with van der Waals surface area (Å²) in [6.07, 6.45) is 0. The lowest BCUT2D eigenvalue weighted by Crippen LogP contribution is -2.08. The first-order chi connectivity index (χ1) is 6.43. The van der Waals surface area contributed by atoms with Crippen LogP contribution in [-0.2, 0) is 0 Å². The van der Waals surface area contributed by atoms with Gasteiger partial charge in [-0.3, -0.25) is 0 Å².